The zero-order valence-electron chi connectivity index (χ0n) is 35.0. The maximum absolute atomic E-state index is 13.2. The molecule has 6 atom stereocenters. The summed E-state index contributed by atoms with van der Waals surface area (Å²) >= 11 is 8.79. The Labute approximate surface area is 383 Å². The first-order chi connectivity index (χ1) is 30.7. The Morgan fingerprint density at radius 1 is 0.600 bits per heavy atom. The summed E-state index contributed by atoms with van der Waals surface area (Å²) in [6.07, 6.45) is -1.82. The van der Waals surface area contributed by atoms with E-state index in [4.69, 9.17) is 37.6 Å². The molecule has 0 aliphatic rings. The molecule has 0 fully saturated rings. The number of thiol groups is 1. The number of thiocarbonyl (C=S) groups is 1. The number of ether oxygens (including phenoxy) is 2. The minimum absolute atomic E-state index is 0.0352. The highest BCUT2D eigenvalue weighted by Gasteiger charge is 2.30. The standard InChI is InChI=1S/C38H56N8O17S2/c39-22(32(53)43-26(18-31(51)52)34(55)44-27(20-64)37(60)61)19-41-33(54)25(17-21-5-2-1-3-6-21)42-29(48)7-4-13-62-15-16-63-14-12-40-28(47)10-8-23(35(56)57)45-38(65)46-24(36(58)59)9-11-30(49)50/h1-3,5-6,22-27,64H,4,7-20,39H2,(H,40,47)(H,41,54)(H,42,48)(H,43,53)(H,44,55)(H,49,50)(H,51,52)(H,56,57)(H,58,59)(H,60,61)(H2,45,46,65)/t22-,23-,24-,25-,26-,27-/m0/s1. The third kappa shape index (κ3) is 25.7. The van der Waals surface area contributed by atoms with Crippen molar-refractivity contribution in [2.24, 2.45) is 5.73 Å². The fraction of sp³-hybridized carbons (Fsp3) is 0.553. The fourth-order valence-corrected chi connectivity index (χ4v) is 5.83. The average molecular weight is 961 g/mol. The quantitative estimate of drug-likeness (QED) is 0.0182. The summed E-state index contributed by atoms with van der Waals surface area (Å²) in [5.41, 5.74) is 6.61. The molecule has 0 heterocycles. The molecule has 14 N–H and O–H groups in total. The predicted octanol–water partition coefficient (Wildman–Crippen LogP) is -3.44. The van der Waals surface area contributed by atoms with Crippen LogP contribution in [0.2, 0.25) is 0 Å². The molecule has 0 bridgehead atoms. The van der Waals surface area contributed by atoms with Gasteiger partial charge in [-0.1, -0.05) is 30.3 Å². The Hall–Kier alpha value is -6.16. The lowest BCUT2D eigenvalue weighted by Crippen LogP contribution is -2.57. The molecule has 0 spiro atoms. The molecule has 1 rings (SSSR count). The number of aliphatic carboxylic acids is 5. The van der Waals surface area contributed by atoms with Crippen LogP contribution in [-0.2, 0) is 63.8 Å². The number of nitrogens with two attached hydrogens (primary N) is 1. The minimum atomic E-state index is -1.70. The maximum atomic E-state index is 13.2. The summed E-state index contributed by atoms with van der Waals surface area (Å²) in [4.78, 5) is 120. The summed E-state index contributed by atoms with van der Waals surface area (Å²) < 4.78 is 10.9. The first-order valence-corrected chi connectivity index (χ1v) is 21.0. The average Bonchev–Trinajstić information content (AvgIpc) is 3.24. The van der Waals surface area contributed by atoms with Gasteiger partial charge in [0.25, 0.3) is 0 Å². The molecule has 0 radical (unpaired) electrons. The topological polar surface area (TPSA) is 401 Å². The van der Waals surface area contributed by atoms with Crippen molar-refractivity contribution in [3.63, 3.8) is 0 Å². The Bertz CT molecular complexity index is 1790. The Morgan fingerprint density at radius 3 is 1.72 bits per heavy atom. The molecule has 1 aromatic carbocycles. The second kappa shape index (κ2) is 31.6. The number of carbonyl (C=O) groups excluding carboxylic acids is 5. The zero-order chi connectivity index (χ0) is 48.9. The summed E-state index contributed by atoms with van der Waals surface area (Å²) in [5, 5.41) is 62.2. The molecule has 0 unspecified atom stereocenters. The van der Waals surface area contributed by atoms with E-state index in [0.29, 0.717) is 5.56 Å². The molecular weight excluding hydrogens is 905 g/mol. The molecule has 5 amide bonds. The van der Waals surface area contributed by atoms with Gasteiger partial charge < -0.3 is 78.0 Å². The van der Waals surface area contributed by atoms with Crippen molar-refractivity contribution in [1.82, 2.24) is 37.2 Å². The second-order valence-corrected chi connectivity index (χ2v) is 14.7. The van der Waals surface area contributed by atoms with E-state index in [1.807, 2.05) is 0 Å². The van der Waals surface area contributed by atoms with Gasteiger partial charge in [0.1, 0.15) is 36.3 Å². The largest absolute Gasteiger partial charge is 0.481 e. The zero-order valence-corrected chi connectivity index (χ0v) is 36.7. The molecular formula is C38H56N8O17S2. The van der Waals surface area contributed by atoms with Crippen molar-refractivity contribution in [2.75, 3.05) is 45.3 Å². The van der Waals surface area contributed by atoms with E-state index in [0.717, 1.165) is 0 Å². The van der Waals surface area contributed by atoms with Crippen LogP contribution < -0.4 is 43.0 Å². The van der Waals surface area contributed by atoms with E-state index in [1.54, 1.807) is 30.3 Å². The summed E-state index contributed by atoms with van der Waals surface area (Å²) in [6.45, 7) is 0.119. The van der Waals surface area contributed by atoms with Gasteiger partial charge in [-0.2, -0.15) is 12.6 Å². The molecule has 0 aliphatic heterocycles. The SMILES string of the molecule is N[C@@H](CNC(=O)[C@H](Cc1ccccc1)NC(=O)CCCOCCOCCNC(=O)CC[C@H](NC(=S)N[C@@H](CCC(=O)O)C(=O)O)C(=O)O)C(=O)N[C@@H](CC(=O)O)C(=O)N[C@@H](CS)C(=O)O. The van der Waals surface area contributed by atoms with Crippen LogP contribution in [0.4, 0.5) is 0 Å². The first kappa shape index (κ1) is 56.9. The third-order valence-electron chi connectivity index (χ3n) is 8.72. The van der Waals surface area contributed by atoms with Crippen molar-refractivity contribution in [3.05, 3.63) is 35.9 Å². The Balaban J connectivity index is 2.49. The lowest BCUT2D eigenvalue weighted by molar-refractivity contribution is -0.143. The summed E-state index contributed by atoms with van der Waals surface area (Å²) in [6, 6.07) is 0.221. The van der Waals surface area contributed by atoms with Gasteiger partial charge in [0, 0.05) is 51.1 Å². The molecule has 0 saturated carbocycles. The number of carbonyl (C=O) groups is 10. The van der Waals surface area contributed by atoms with Crippen molar-refractivity contribution in [2.45, 2.75) is 87.6 Å². The number of benzene rings is 1. The minimum Gasteiger partial charge on any atom is -0.481 e. The highest BCUT2D eigenvalue weighted by Crippen LogP contribution is 2.06. The van der Waals surface area contributed by atoms with Crippen molar-refractivity contribution < 1.29 is 83.0 Å². The van der Waals surface area contributed by atoms with Gasteiger partial charge in [0.05, 0.1) is 26.2 Å². The molecule has 362 valence electrons. The van der Waals surface area contributed by atoms with Crippen LogP contribution in [0.3, 0.4) is 0 Å². The number of rotatable bonds is 34. The monoisotopic (exact) mass is 960 g/mol. The van der Waals surface area contributed by atoms with Crippen LogP contribution >= 0.6 is 24.8 Å². The highest BCUT2D eigenvalue weighted by molar-refractivity contribution is 7.80. The summed E-state index contributed by atoms with van der Waals surface area (Å²) in [5.74, 6) is -11.0. The maximum Gasteiger partial charge on any atom is 0.327 e. The molecule has 65 heavy (non-hydrogen) atoms. The molecule has 27 heteroatoms. The van der Waals surface area contributed by atoms with Crippen molar-refractivity contribution in [1.29, 1.82) is 0 Å². The highest BCUT2D eigenvalue weighted by atomic mass is 32.1. The van der Waals surface area contributed by atoms with E-state index in [1.165, 1.54) is 0 Å². The van der Waals surface area contributed by atoms with E-state index in [2.05, 4.69) is 49.8 Å². The molecule has 0 aromatic heterocycles. The summed E-state index contributed by atoms with van der Waals surface area (Å²) in [7, 11) is 0. The number of carboxylic acids is 5. The molecule has 1 aromatic rings. The van der Waals surface area contributed by atoms with Crippen LogP contribution in [0, 0.1) is 0 Å². The number of hydrogen-bond donors (Lipinski definition) is 14. The van der Waals surface area contributed by atoms with Crippen LogP contribution in [0.5, 0.6) is 0 Å². The van der Waals surface area contributed by atoms with Gasteiger partial charge in [-0.3, -0.25) is 33.6 Å². The molecule has 25 nitrogen and oxygen atoms in total. The van der Waals surface area contributed by atoms with Crippen LogP contribution in [0.25, 0.3) is 0 Å². The first-order valence-electron chi connectivity index (χ1n) is 19.9. The van der Waals surface area contributed by atoms with E-state index >= 15 is 0 Å². The number of carboxylic acid groups (broad SMARTS) is 5. The Kier molecular flexibility index (Phi) is 27.7. The third-order valence-corrected chi connectivity index (χ3v) is 9.32. The number of hydrogen-bond acceptors (Lipinski definition) is 15. The number of nitrogens with one attached hydrogen (secondary N) is 7. The van der Waals surface area contributed by atoms with Crippen molar-refractivity contribution >= 4 is 89.3 Å². The van der Waals surface area contributed by atoms with Crippen LogP contribution in [-0.4, -0.2) is 172 Å². The predicted molar refractivity (Wildman–Crippen MR) is 232 cm³/mol. The normalized spacial score (nSPS) is 13.5. The molecule has 0 saturated heterocycles. The van der Waals surface area contributed by atoms with E-state index in [-0.39, 0.29) is 82.4 Å². The van der Waals surface area contributed by atoms with Crippen LogP contribution in [0.15, 0.2) is 30.3 Å². The van der Waals surface area contributed by atoms with Crippen molar-refractivity contribution in [3.8, 4) is 0 Å². The number of amides is 5. The van der Waals surface area contributed by atoms with Gasteiger partial charge in [-0.15, -0.1) is 0 Å². The lowest BCUT2D eigenvalue weighted by Gasteiger charge is -2.22. The van der Waals surface area contributed by atoms with E-state index in [9.17, 15) is 63.3 Å². The van der Waals surface area contributed by atoms with Gasteiger partial charge in [0.2, 0.25) is 29.5 Å². The van der Waals surface area contributed by atoms with Gasteiger partial charge in [0.15, 0.2) is 5.11 Å². The van der Waals surface area contributed by atoms with Gasteiger partial charge >= 0.3 is 29.8 Å². The van der Waals surface area contributed by atoms with Crippen LogP contribution in [0.1, 0.15) is 50.5 Å². The molecule has 0 aliphatic carbocycles. The van der Waals surface area contributed by atoms with Gasteiger partial charge in [-0.05, 0) is 37.0 Å². The second-order valence-electron chi connectivity index (χ2n) is 14.0. The smallest absolute Gasteiger partial charge is 0.327 e. The Morgan fingerprint density at radius 2 is 1.17 bits per heavy atom. The fourth-order valence-electron chi connectivity index (χ4n) is 5.30. The lowest BCUT2D eigenvalue weighted by atomic mass is 10.0. The van der Waals surface area contributed by atoms with E-state index < -0.39 is 115 Å². The van der Waals surface area contributed by atoms with Gasteiger partial charge in [-0.25, -0.2) is 14.4 Å².